The molecule has 0 rings (SSSR count). The molecule has 0 aromatic rings. The first kappa shape index (κ1) is 11.3. The Balaban J connectivity index is 3.98. The van der Waals surface area contributed by atoms with Gasteiger partial charge in [-0.15, -0.1) is 0 Å². The zero-order valence-electron chi connectivity index (χ0n) is 6.68. The number of aliphatic hydroxyl groups excluding tert-OH is 2. The monoisotopic (exact) mass is 178 g/mol. The second-order valence-corrected chi connectivity index (χ2v) is 2.27. The van der Waals surface area contributed by atoms with Gasteiger partial charge in [0.25, 0.3) is 0 Å². The van der Waals surface area contributed by atoms with Crippen LogP contribution in [0, 0.1) is 0 Å². The molecule has 0 aromatic carbocycles. The molecule has 0 spiro atoms. The van der Waals surface area contributed by atoms with Gasteiger partial charge in [0.1, 0.15) is 0 Å². The summed E-state index contributed by atoms with van der Waals surface area (Å²) >= 11 is 0. The Morgan fingerprint density at radius 2 is 1.75 bits per heavy atom. The first-order valence-electron chi connectivity index (χ1n) is 3.57. The van der Waals surface area contributed by atoms with E-state index < -0.39 is 12.1 Å². The highest BCUT2D eigenvalue weighted by Crippen LogP contribution is 1.92. The smallest absolute Gasteiger partial charge is 0.335 e. The van der Waals surface area contributed by atoms with Crippen molar-refractivity contribution in [2.75, 3.05) is 26.3 Å². The highest BCUT2D eigenvalue weighted by molar-refractivity contribution is 5.72. The molecule has 6 nitrogen and oxygen atoms in total. The fourth-order valence-corrected chi connectivity index (χ4v) is 0.803. The number of carboxylic acids is 1. The number of carbonyl (C=O) groups is 1. The number of hydrogen-bond donors (Lipinski definition) is 4. The molecular weight excluding hydrogens is 164 g/mol. The first-order chi connectivity index (χ1) is 5.63. The summed E-state index contributed by atoms with van der Waals surface area (Å²) in [5.41, 5.74) is 5.24. The van der Waals surface area contributed by atoms with Crippen LogP contribution in [-0.4, -0.2) is 58.7 Å². The molecule has 0 fully saturated rings. The molecule has 0 aliphatic rings. The standard InChI is InChI=1S/C6H14N2O4/c7-5(6(11)12)8(1-3-9)2-4-10/h5,9-10H,1-4,7H2,(H,11,12). The van der Waals surface area contributed by atoms with E-state index in [4.69, 9.17) is 21.1 Å². The molecule has 12 heavy (non-hydrogen) atoms. The van der Waals surface area contributed by atoms with Gasteiger partial charge in [-0.1, -0.05) is 0 Å². The first-order valence-corrected chi connectivity index (χ1v) is 3.57. The third-order valence-corrected chi connectivity index (χ3v) is 1.42. The third kappa shape index (κ3) is 3.63. The minimum Gasteiger partial charge on any atom is -0.479 e. The summed E-state index contributed by atoms with van der Waals surface area (Å²) in [6.45, 7) is -0.0655. The number of rotatable bonds is 6. The number of nitrogens with two attached hydrogens (primary N) is 1. The summed E-state index contributed by atoms with van der Waals surface area (Å²) in [5.74, 6) is -1.17. The Morgan fingerprint density at radius 3 is 2.00 bits per heavy atom. The lowest BCUT2D eigenvalue weighted by molar-refractivity contribution is -0.143. The van der Waals surface area contributed by atoms with Gasteiger partial charge in [-0.05, 0) is 0 Å². The number of hydrogen-bond acceptors (Lipinski definition) is 5. The van der Waals surface area contributed by atoms with E-state index in [1.165, 1.54) is 4.90 Å². The van der Waals surface area contributed by atoms with Gasteiger partial charge in [0.15, 0.2) is 6.17 Å². The fourth-order valence-electron chi connectivity index (χ4n) is 0.803. The number of aliphatic hydroxyl groups is 2. The van der Waals surface area contributed by atoms with Gasteiger partial charge in [0.05, 0.1) is 13.2 Å². The lowest BCUT2D eigenvalue weighted by Gasteiger charge is -2.23. The van der Waals surface area contributed by atoms with Crippen LogP contribution >= 0.6 is 0 Å². The Hall–Kier alpha value is -0.690. The average Bonchev–Trinajstić information content (AvgIpc) is 2.03. The van der Waals surface area contributed by atoms with Crippen LogP contribution in [0.5, 0.6) is 0 Å². The maximum atomic E-state index is 10.4. The lowest BCUT2D eigenvalue weighted by Crippen LogP contribution is -2.49. The van der Waals surface area contributed by atoms with E-state index in [0.29, 0.717) is 0 Å². The molecular formula is C6H14N2O4. The van der Waals surface area contributed by atoms with Crippen molar-refractivity contribution in [3.05, 3.63) is 0 Å². The molecule has 0 heterocycles. The molecule has 0 amide bonds. The fraction of sp³-hybridized carbons (Fsp3) is 0.833. The van der Waals surface area contributed by atoms with Crippen molar-refractivity contribution in [2.24, 2.45) is 5.73 Å². The molecule has 0 aromatic heterocycles. The summed E-state index contributed by atoms with van der Waals surface area (Å²) in [4.78, 5) is 11.6. The van der Waals surface area contributed by atoms with Crippen molar-refractivity contribution < 1.29 is 20.1 Å². The maximum Gasteiger partial charge on any atom is 0.335 e. The quantitative estimate of drug-likeness (QED) is 0.339. The van der Waals surface area contributed by atoms with Gasteiger partial charge in [-0.2, -0.15) is 0 Å². The van der Waals surface area contributed by atoms with Crippen LogP contribution < -0.4 is 5.73 Å². The molecule has 0 saturated heterocycles. The number of carboxylic acid groups (broad SMARTS) is 1. The van der Waals surface area contributed by atoms with Gasteiger partial charge < -0.3 is 21.1 Å². The minimum absolute atomic E-state index is 0.147. The summed E-state index contributed by atoms with van der Waals surface area (Å²) in [6.07, 6.45) is -1.16. The van der Waals surface area contributed by atoms with Crippen LogP contribution in [0.3, 0.4) is 0 Å². The molecule has 5 N–H and O–H groups in total. The number of nitrogens with zero attached hydrogens (tertiary/aromatic N) is 1. The third-order valence-electron chi connectivity index (χ3n) is 1.42. The SMILES string of the molecule is NC(C(=O)O)N(CCO)CCO. The van der Waals surface area contributed by atoms with Gasteiger partial charge in [-0.3, -0.25) is 4.90 Å². The van der Waals surface area contributed by atoms with E-state index in [-0.39, 0.29) is 26.3 Å². The molecule has 1 atom stereocenters. The number of aliphatic carboxylic acids is 1. The van der Waals surface area contributed by atoms with Crippen molar-refractivity contribution in [1.82, 2.24) is 4.90 Å². The van der Waals surface area contributed by atoms with Crippen molar-refractivity contribution in [3.8, 4) is 0 Å². The van der Waals surface area contributed by atoms with E-state index in [0.717, 1.165) is 0 Å². The largest absolute Gasteiger partial charge is 0.479 e. The Kier molecular flexibility index (Phi) is 5.56. The van der Waals surface area contributed by atoms with Crippen LogP contribution in [0.15, 0.2) is 0 Å². The lowest BCUT2D eigenvalue weighted by atomic mass is 10.4. The van der Waals surface area contributed by atoms with Crippen LogP contribution in [0.25, 0.3) is 0 Å². The zero-order chi connectivity index (χ0) is 9.56. The van der Waals surface area contributed by atoms with Crippen molar-refractivity contribution in [1.29, 1.82) is 0 Å². The summed E-state index contributed by atoms with van der Waals surface area (Å²) in [6, 6.07) is 0. The molecule has 1 unspecified atom stereocenters. The molecule has 0 saturated carbocycles. The topological polar surface area (TPSA) is 107 Å². The van der Waals surface area contributed by atoms with Crippen LogP contribution in [0.2, 0.25) is 0 Å². The van der Waals surface area contributed by atoms with E-state index in [9.17, 15) is 4.79 Å². The normalized spacial score (nSPS) is 13.3. The minimum atomic E-state index is -1.17. The Bertz CT molecular complexity index is 136. The Labute approximate surface area is 70.2 Å². The molecule has 0 bridgehead atoms. The van der Waals surface area contributed by atoms with Crippen LogP contribution in [0.1, 0.15) is 0 Å². The second-order valence-electron chi connectivity index (χ2n) is 2.27. The van der Waals surface area contributed by atoms with Crippen molar-refractivity contribution in [2.45, 2.75) is 6.17 Å². The van der Waals surface area contributed by atoms with E-state index in [2.05, 4.69) is 0 Å². The maximum absolute atomic E-state index is 10.4. The van der Waals surface area contributed by atoms with Gasteiger partial charge in [-0.25, -0.2) is 4.79 Å². The van der Waals surface area contributed by atoms with E-state index >= 15 is 0 Å². The van der Waals surface area contributed by atoms with E-state index in [1.54, 1.807) is 0 Å². The summed E-state index contributed by atoms with van der Waals surface area (Å²) in [5, 5.41) is 25.5. The summed E-state index contributed by atoms with van der Waals surface area (Å²) in [7, 11) is 0. The van der Waals surface area contributed by atoms with Crippen molar-refractivity contribution >= 4 is 5.97 Å². The molecule has 0 aliphatic carbocycles. The van der Waals surface area contributed by atoms with Gasteiger partial charge in [0.2, 0.25) is 0 Å². The Morgan fingerprint density at radius 1 is 1.33 bits per heavy atom. The molecule has 72 valence electrons. The molecule has 6 heteroatoms. The zero-order valence-corrected chi connectivity index (χ0v) is 6.68. The predicted octanol–water partition coefficient (Wildman–Crippen LogP) is -2.36. The van der Waals surface area contributed by atoms with E-state index in [1.807, 2.05) is 0 Å². The molecule has 0 aliphatic heterocycles. The predicted molar refractivity (Wildman–Crippen MR) is 41.4 cm³/mol. The van der Waals surface area contributed by atoms with Gasteiger partial charge >= 0.3 is 5.97 Å². The second kappa shape index (κ2) is 5.90. The summed E-state index contributed by atoms with van der Waals surface area (Å²) < 4.78 is 0. The molecule has 0 radical (unpaired) electrons. The van der Waals surface area contributed by atoms with Crippen molar-refractivity contribution in [3.63, 3.8) is 0 Å². The highest BCUT2D eigenvalue weighted by Gasteiger charge is 2.19. The van der Waals surface area contributed by atoms with Gasteiger partial charge in [0, 0.05) is 13.1 Å². The highest BCUT2D eigenvalue weighted by atomic mass is 16.4. The van der Waals surface area contributed by atoms with Crippen LogP contribution in [0.4, 0.5) is 0 Å². The van der Waals surface area contributed by atoms with Crippen LogP contribution in [-0.2, 0) is 4.79 Å². The average molecular weight is 178 g/mol.